The summed E-state index contributed by atoms with van der Waals surface area (Å²) in [4.78, 5) is 1.09. The van der Waals surface area contributed by atoms with E-state index in [9.17, 15) is 5.11 Å². The van der Waals surface area contributed by atoms with Gasteiger partial charge >= 0.3 is 0 Å². The van der Waals surface area contributed by atoms with Crippen molar-refractivity contribution in [3.05, 3.63) is 113 Å². The minimum atomic E-state index is -2.05. The highest BCUT2D eigenvalue weighted by molar-refractivity contribution is 7.99. The Kier molecular flexibility index (Phi) is 9.47. The van der Waals surface area contributed by atoms with Crippen LogP contribution in [0.1, 0.15) is 75.2 Å². The van der Waals surface area contributed by atoms with Crippen LogP contribution < -0.4 is 13.9 Å². The highest BCUT2D eigenvalue weighted by Crippen LogP contribution is 2.55. The van der Waals surface area contributed by atoms with Gasteiger partial charge in [-0.2, -0.15) is 0 Å². The fraction of sp³-hybridized carbons (Fsp3) is 0.351. The van der Waals surface area contributed by atoms with E-state index in [1.165, 1.54) is 5.56 Å². The number of hydrogen-bond donors (Lipinski definition) is 1. The molecule has 0 spiro atoms. The highest BCUT2D eigenvalue weighted by Gasteiger charge is 2.47. The van der Waals surface area contributed by atoms with E-state index in [0.717, 1.165) is 38.8 Å². The quantitative estimate of drug-likeness (QED) is 0.181. The van der Waals surface area contributed by atoms with E-state index in [1.807, 2.05) is 48.2 Å². The van der Waals surface area contributed by atoms with Crippen LogP contribution in [0.3, 0.4) is 0 Å². The zero-order valence-corrected chi connectivity index (χ0v) is 28.2. The topological polar surface area (TPSA) is 47.9 Å². The zero-order valence-electron chi connectivity index (χ0n) is 26.3. The molecule has 0 unspecified atom stereocenters. The predicted octanol–water partition coefficient (Wildman–Crippen LogP) is 10.8. The van der Waals surface area contributed by atoms with Gasteiger partial charge in [0.2, 0.25) is 0 Å². The molecule has 43 heavy (non-hydrogen) atoms. The Balaban J connectivity index is 1.45. The molecule has 0 aliphatic carbocycles. The first kappa shape index (κ1) is 31.1. The Morgan fingerprint density at radius 2 is 1.40 bits per heavy atom. The molecule has 0 fully saturated rings. The number of phenols is 1. The summed E-state index contributed by atoms with van der Waals surface area (Å²) in [5.41, 5.74) is 5.92. The molecule has 1 N–H and O–H groups in total. The normalized spacial score (nSPS) is 16.7. The first-order valence-corrected chi connectivity index (χ1v) is 18.3. The molecular weight excluding hydrogens is 569 g/mol. The smallest absolute Gasteiger partial charge is 0.258 e. The van der Waals surface area contributed by atoms with Gasteiger partial charge in [-0.1, -0.05) is 96.1 Å². The number of aryl methyl sites for hydroxylation is 1. The molecule has 4 aromatic carbocycles. The summed E-state index contributed by atoms with van der Waals surface area (Å²) in [7, 11) is -2.05. The third-order valence-electron chi connectivity index (χ3n) is 8.69. The molecular formula is C37H44O4SSi. The maximum atomic E-state index is 9.98. The van der Waals surface area contributed by atoms with Crippen LogP contribution in [0.5, 0.6) is 23.0 Å². The lowest BCUT2D eigenvalue weighted by molar-refractivity contribution is 0.189. The molecule has 5 rings (SSSR count). The third kappa shape index (κ3) is 6.60. The number of aromatic hydroxyl groups is 1. The molecule has 0 radical (unpaired) electrons. The Bertz CT molecular complexity index is 1480. The second-order valence-corrected chi connectivity index (χ2v) is 19.1. The van der Waals surface area contributed by atoms with Crippen molar-refractivity contribution in [2.75, 3.05) is 0 Å². The standard InChI is InChI=1S/C37H44O4SSi/c1-24(2)43(25(3)4,26(5)6)41-32-19-15-30(16-20-32)37-36(29-13-17-31(38)18-14-29)40-34-22-33(27(7)21-35(34)42-37)39-23-28-11-9-8-10-12-28/h8-22,24-26,36-38H,23H2,1-7H3/t36-,37+/m1/s1. The van der Waals surface area contributed by atoms with Crippen LogP contribution in [-0.4, -0.2) is 13.4 Å². The van der Waals surface area contributed by atoms with Crippen molar-refractivity contribution in [3.63, 3.8) is 0 Å². The summed E-state index contributed by atoms with van der Waals surface area (Å²) in [6, 6.07) is 30.4. The molecule has 0 saturated carbocycles. The number of fused-ring (bicyclic) bond motifs is 1. The minimum absolute atomic E-state index is 0.0175. The highest BCUT2D eigenvalue weighted by atomic mass is 32.2. The largest absolute Gasteiger partial charge is 0.543 e. The van der Waals surface area contributed by atoms with Gasteiger partial charge in [0.1, 0.15) is 35.7 Å². The van der Waals surface area contributed by atoms with Gasteiger partial charge in [0.25, 0.3) is 8.32 Å². The van der Waals surface area contributed by atoms with Crippen molar-refractivity contribution in [2.45, 2.75) is 87.9 Å². The molecule has 4 aromatic rings. The van der Waals surface area contributed by atoms with Crippen molar-refractivity contribution >= 4 is 20.1 Å². The summed E-state index contributed by atoms with van der Waals surface area (Å²) >= 11 is 1.81. The van der Waals surface area contributed by atoms with E-state index in [0.29, 0.717) is 23.2 Å². The number of benzene rings is 4. The first-order valence-electron chi connectivity index (χ1n) is 15.3. The van der Waals surface area contributed by atoms with E-state index < -0.39 is 8.32 Å². The second-order valence-electron chi connectivity index (χ2n) is 12.5. The van der Waals surface area contributed by atoms with Crippen LogP contribution in [0.15, 0.2) is 95.9 Å². The summed E-state index contributed by atoms with van der Waals surface area (Å²) < 4.78 is 20.0. The van der Waals surface area contributed by atoms with Gasteiger partial charge < -0.3 is 19.0 Å². The van der Waals surface area contributed by atoms with Crippen LogP contribution in [0.2, 0.25) is 16.6 Å². The molecule has 1 heterocycles. The zero-order chi connectivity index (χ0) is 30.7. The van der Waals surface area contributed by atoms with Gasteiger partial charge in [0.05, 0.1) is 10.1 Å². The van der Waals surface area contributed by atoms with Gasteiger partial charge in [-0.05, 0) is 76.1 Å². The average Bonchev–Trinajstić information content (AvgIpc) is 2.99. The molecule has 2 atom stereocenters. The minimum Gasteiger partial charge on any atom is -0.543 e. The Hall–Kier alpha value is -3.35. The molecule has 0 saturated heterocycles. The van der Waals surface area contributed by atoms with Crippen LogP contribution in [-0.2, 0) is 6.61 Å². The van der Waals surface area contributed by atoms with E-state index in [-0.39, 0.29) is 17.1 Å². The number of phenolic OH excluding ortho intramolecular Hbond substituents is 1. The van der Waals surface area contributed by atoms with Crippen molar-refractivity contribution in [3.8, 4) is 23.0 Å². The Morgan fingerprint density at radius 1 is 0.791 bits per heavy atom. The summed E-state index contributed by atoms with van der Waals surface area (Å²) in [6.07, 6.45) is -0.245. The molecule has 1 aliphatic heterocycles. The maximum Gasteiger partial charge on any atom is 0.258 e. The van der Waals surface area contributed by atoms with E-state index >= 15 is 0 Å². The first-order chi connectivity index (χ1) is 20.6. The predicted molar refractivity (Wildman–Crippen MR) is 180 cm³/mol. The van der Waals surface area contributed by atoms with Crippen molar-refractivity contribution in [1.29, 1.82) is 0 Å². The van der Waals surface area contributed by atoms with E-state index in [4.69, 9.17) is 13.9 Å². The fourth-order valence-corrected chi connectivity index (χ4v) is 13.2. The van der Waals surface area contributed by atoms with E-state index in [1.54, 1.807) is 12.1 Å². The number of hydrogen-bond acceptors (Lipinski definition) is 5. The lowest BCUT2D eigenvalue weighted by Crippen LogP contribution is -2.50. The third-order valence-corrected chi connectivity index (χ3v) is 16.0. The summed E-state index contributed by atoms with van der Waals surface area (Å²) in [6.45, 7) is 16.5. The van der Waals surface area contributed by atoms with Crippen molar-refractivity contribution in [2.24, 2.45) is 0 Å². The number of thioether (sulfide) groups is 1. The van der Waals surface area contributed by atoms with Crippen LogP contribution >= 0.6 is 11.8 Å². The van der Waals surface area contributed by atoms with Gasteiger partial charge in [-0.3, -0.25) is 0 Å². The molecule has 226 valence electrons. The van der Waals surface area contributed by atoms with Gasteiger partial charge in [-0.25, -0.2) is 0 Å². The second kappa shape index (κ2) is 13.1. The van der Waals surface area contributed by atoms with Crippen LogP contribution in [0.4, 0.5) is 0 Å². The van der Waals surface area contributed by atoms with Crippen molar-refractivity contribution < 1.29 is 19.0 Å². The lowest BCUT2D eigenvalue weighted by atomic mass is 10.00. The molecule has 4 nitrogen and oxygen atoms in total. The molecule has 0 aromatic heterocycles. The van der Waals surface area contributed by atoms with Gasteiger partial charge in [-0.15, -0.1) is 11.8 Å². The summed E-state index contributed by atoms with van der Waals surface area (Å²) in [5.74, 6) is 2.83. The Labute approximate surface area is 262 Å². The van der Waals surface area contributed by atoms with Gasteiger partial charge in [0.15, 0.2) is 0 Å². The number of rotatable bonds is 10. The molecule has 0 amide bonds. The molecule has 1 aliphatic rings. The molecule has 6 heteroatoms. The van der Waals surface area contributed by atoms with Crippen molar-refractivity contribution in [1.82, 2.24) is 0 Å². The lowest BCUT2D eigenvalue weighted by Gasteiger charge is -2.42. The van der Waals surface area contributed by atoms with Crippen LogP contribution in [0, 0.1) is 6.92 Å². The monoisotopic (exact) mass is 612 g/mol. The SMILES string of the molecule is Cc1cc2c(cc1OCc1ccccc1)O[C@H](c1ccc(O)cc1)[C@H](c1ccc(O[Si](C(C)C)(C(C)C)C(C)C)cc1)S2. The number of ether oxygens (including phenoxy) is 2. The maximum absolute atomic E-state index is 9.98. The van der Waals surface area contributed by atoms with Crippen LogP contribution in [0.25, 0.3) is 0 Å². The average molecular weight is 613 g/mol. The Morgan fingerprint density at radius 3 is 2.00 bits per heavy atom. The summed E-state index contributed by atoms with van der Waals surface area (Å²) in [5, 5.41) is 10.0. The fourth-order valence-electron chi connectivity index (χ4n) is 6.55. The molecule has 0 bridgehead atoms. The van der Waals surface area contributed by atoms with E-state index in [2.05, 4.69) is 90.9 Å². The van der Waals surface area contributed by atoms with Gasteiger partial charge in [0, 0.05) is 6.07 Å².